The molecule has 1 amide bonds. The van der Waals surface area contributed by atoms with E-state index in [9.17, 15) is 9.90 Å². The molecule has 1 aromatic rings. The number of alkyl carbamates (subject to hydrolysis) is 1. The molecule has 0 spiro atoms. The smallest absolute Gasteiger partial charge is 0.408 e. The summed E-state index contributed by atoms with van der Waals surface area (Å²) in [6.07, 6.45) is 0.0313. The summed E-state index contributed by atoms with van der Waals surface area (Å²) in [5, 5.41) is 12.3. The van der Waals surface area contributed by atoms with Crippen LogP contribution >= 0.6 is 0 Å². The molecule has 0 aliphatic rings. The Bertz CT molecular complexity index is 411. The monoisotopic (exact) mass is 265 g/mol. The Hall–Kier alpha value is -1.55. The van der Waals surface area contributed by atoms with Crippen molar-refractivity contribution in [2.45, 2.75) is 45.3 Å². The van der Waals surface area contributed by atoms with Crippen LogP contribution in [0.4, 0.5) is 4.79 Å². The molecule has 1 atom stereocenters. The van der Waals surface area contributed by atoms with Gasteiger partial charge in [-0.1, -0.05) is 30.3 Å². The molecule has 1 aromatic carbocycles. The van der Waals surface area contributed by atoms with E-state index >= 15 is 0 Å². The summed E-state index contributed by atoms with van der Waals surface area (Å²) in [7, 11) is 0. The molecule has 4 nitrogen and oxygen atoms in total. The van der Waals surface area contributed by atoms with Gasteiger partial charge in [-0.2, -0.15) is 0 Å². The fourth-order valence-electron chi connectivity index (χ4n) is 1.74. The number of hydrogen-bond acceptors (Lipinski definition) is 3. The van der Waals surface area contributed by atoms with Crippen LogP contribution in [0.1, 0.15) is 33.3 Å². The van der Waals surface area contributed by atoms with Gasteiger partial charge in [-0.05, 0) is 39.7 Å². The van der Waals surface area contributed by atoms with Crippen molar-refractivity contribution in [3.63, 3.8) is 0 Å². The quantitative estimate of drug-likeness (QED) is 0.879. The van der Waals surface area contributed by atoms with Gasteiger partial charge in [-0.25, -0.2) is 4.79 Å². The van der Waals surface area contributed by atoms with Crippen molar-refractivity contribution in [2.75, 3.05) is 6.61 Å². The Morgan fingerprint density at radius 3 is 2.26 bits per heavy atom. The van der Waals surface area contributed by atoms with Crippen molar-refractivity contribution in [3.8, 4) is 0 Å². The maximum absolute atomic E-state index is 11.8. The standard InChI is InChI=1S/C15H23NO3/c1-14(2,3)19-13(18)16-15(4,11-17)10-12-8-6-5-7-9-12/h5-9,17H,10-11H2,1-4H3,(H,16,18)/t15-/m0/s1. The number of carbonyl (C=O) groups excluding carboxylic acids is 1. The summed E-state index contributed by atoms with van der Waals surface area (Å²) in [5.41, 5.74) is -0.230. The van der Waals surface area contributed by atoms with Crippen LogP contribution in [0.15, 0.2) is 30.3 Å². The van der Waals surface area contributed by atoms with E-state index in [1.807, 2.05) is 30.3 Å². The van der Waals surface area contributed by atoms with Gasteiger partial charge in [-0.15, -0.1) is 0 Å². The average molecular weight is 265 g/mol. The first-order chi connectivity index (χ1) is 8.74. The highest BCUT2D eigenvalue weighted by Gasteiger charge is 2.28. The first-order valence-corrected chi connectivity index (χ1v) is 6.40. The lowest BCUT2D eigenvalue weighted by Gasteiger charge is -2.30. The van der Waals surface area contributed by atoms with Crippen molar-refractivity contribution in [1.82, 2.24) is 5.32 Å². The van der Waals surface area contributed by atoms with E-state index in [-0.39, 0.29) is 6.61 Å². The van der Waals surface area contributed by atoms with Crippen LogP contribution in [0.3, 0.4) is 0 Å². The van der Waals surface area contributed by atoms with Crippen molar-refractivity contribution in [1.29, 1.82) is 0 Å². The Morgan fingerprint density at radius 2 is 1.79 bits per heavy atom. The zero-order valence-corrected chi connectivity index (χ0v) is 12.1. The van der Waals surface area contributed by atoms with E-state index < -0.39 is 17.2 Å². The first-order valence-electron chi connectivity index (χ1n) is 6.40. The maximum Gasteiger partial charge on any atom is 0.408 e. The number of ether oxygens (including phenoxy) is 1. The second-order valence-electron chi connectivity index (χ2n) is 6.01. The summed E-state index contributed by atoms with van der Waals surface area (Å²) < 4.78 is 5.21. The summed E-state index contributed by atoms with van der Waals surface area (Å²) in [6, 6.07) is 9.72. The molecule has 0 radical (unpaired) electrons. The molecule has 19 heavy (non-hydrogen) atoms. The van der Waals surface area contributed by atoms with Crippen LogP contribution in [0.25, 0.3) is 0 Å². The molecular weight excluding hydrogens is 242 g/mol. The third-order valence-electron chi connectivity index (χ3n) is 2.59. The molecule has 0 bridgehead atoms. The largest absolute Gasteiger partial charge is 0.444 e. The van der Waals surface area contributed by atoms with Crippen molar-refractivity contribution >= 4 is 6.09 Å². The lowest BCUT2D eigenvalue weighted by Crippen LogP contribution is -2.52. The minimum absolute atomic E-state index is 0.152. The van der Waals surface area contributed by atoms with Gasteiger partial charge in [0.05, 0.1) is 12.1 Å². The molecule has 0 saturated heterocycles. The van der Waals surface area contributed by atoms with Gasteiger partial charge in [0.2, 0.25) is 0 Å². The van der Waals surface area contributed by atoms with E-state index in [1.165, 1.54) is 0 Å². The molecule has 0 unspecified atom stereocenters. The van der Waals surface area contributed by atoms with Crippen molar-refractivity contribution in [2.24, 2.45) is 0 Å². The van der Waals surface area contributed by atoms with Crippen LogP contribution in [0.2, 0.25) is 0 Å². The Morgan fingerprint density at radius 1 is 1.21 bits per heavy atom. The minimum Gasteiger partial charge on any atom is -0.444 e. The highest BCUT2D eigenvalue weighted by atomic mass is 16.6. The van der Waals surface area contributed by atoms with E-state index in [4.69, 9.17) is 4.74 Å². The lowest BCUT2D eigenvalue weighted by atomic mass is 9.94. The third kappa shape index (κ3) is 5.75. The molecule has 1 rings (SSSR count). The third-order valence-corrected chi connectivity index (χ3v) is 2.59. The van der Waals surface area contributed by atoms with E-state index in [1.54, 1.807) is 27.7 Å². The van der Waals surface area contributed by atoms with Crippen LogP contribution in [-0.4, -0.2) is 28.9 Å². The molecule has 0 saturated carbocycles. The van der Waals surface area contributed by atoms with E-state index in [2.05, 4.69) is 5.32 Å². The molecule has 4 heteroatoms. The van der Waals surface area contributed by atoms with E-state index in [0.717, 1.165) is 5.56 Å². The highest BCUT2D eigenvalue weighted by Crippen LogP contribution is 2.14. The number of aliphatic hydroxyl groups excluding tert-OH is 1. The van der Waals surface area contributed by atoms with Gasteiger partial charge < -0.3 is 15.2 Å². The average Bonchev–Trinajstić information content (AvgIpc) is 2.27. The molecule has 0 fully saturated rings. The van der Waals surface area contributed by atoms with Gasteiger partial charge in [-0.3, -0.25) is 0 Å². The van der Waals surface area contributed by atoms with Gasteiger partial charge in [0.1, 0.15) is 5.60 Å². The lowest BCUT2D eigenvalue weighted by molar-refractivity contribution is 0.0415. The number of nitrogens with one attached hydrogen (secondary N) is 1. The zero-order valence-electron chi connectivity index (χ0n) is 12.1. The van der Waals surface area contributed by atoms with Crippen LogP contribution in [0, 0.1) is 0 Å². The topological polar surface area (TPSA) is 58.6 Å². The number of rotatable bonds is 4. The van der Waals surface area contributed by atoms with Gasteiger partial charge >= 0.3 is 6.09 Å². The van der Waals surface area contributed by atoms with Crippen LogP contribution < -0.4 is 5.32 Å². The summed E-state index contributed by atoms with van der Waals surface area (Å²) >= 11 is 0. The Kier molecular flexibility index (Phi) is 4.95. The van der Waals surface area contributed by atoms with E-state index in [0.29, 0.717) is 6.42 Å². The number of benzene rings is 1. The zero-order chi connectivity index (χ0) is 14.5. The highest BCUT2D eigenvalue weighted by molar-refractivity contribution is 5.68. The fraction of sp³-hybridized carbons (Fsp3) is 0.533. The predicted octanol–water partition coefficient (Wildman–Crippen LogP) is 2.50. The number of hydrogen-bond donors (Lipinski definition) is 2. The summed E-state index contributed by atoms with van der Waals surface area (Å²) in [4.78, 5) is 11.8. The Labute approximate surface area is 114 Å². The normalized spacial score (nSPS) is 14.6. The number of amides is 1. The molecule has 0 aliphatic carbocycles. The Balaban J connectivity index is 2.68. The second kappa shape index (κ2) is 6.06. The van der Waals surface area contributed by atoms with Crippen molar-refractivity contribution < 1.29 is 14.6 Å². The summed E-state index contributed by atoms with van der Waals surface area (Å²) in [6.45, 7) is 7.06. The van der Waals surface area contributed by atoms with Crippen LogP contribution in [-0.2, 0) is 11.2 Å². The number of carbonyl (C=O) groups is 1. The fourth-order valence-corrected chi connectivity index (χ4v) is 1.74. The van der Waals surface area contributed by atoms with Crippen LogP contribution in [0.5, 0.6) is 0 Å². The van der Waals surface area contributed by atoms with Crippen molar-refractivity contribution in [3.05, 3.63) is 35.9 Å². The van der Waals surface area contributed by atoms with Gasteiger partial charge in [0.25, 0.3) is 0 Å². The maximum atomic E-state index is 11.8. The number of aliphatic hydroxyl groups is 1. The van der Waals surface area contributed by atoms with Gasteiger partial charge in [0, 0.05) is 0 Å². The summed E-state index contributed by atoms with van der Waals surface area (Å²) in [5.74, 6) is 0. The molecule has 2 N–H and O–H groups in total. The SMILES string of the molecule is CC(C)(C)OC(=O)N[C@](C)(CO)Cc1ccccc1. The predicted molar refractivity (Wildman–Crippen MR) is 75.0 cm³/mol. The first kappa shape index (κ1) is 15.5. The molecule has 0 heterocycles. The van der Waals surface area contributed by atoms with Gasteiger partial charge in [0.15, 0.2) is 0 Å². The molecule has 0 aromatic heterocycles. The second-order valence-corrected chi connectivity index (χ2v) is 6.01. The molecule has 0 aliphatic heterocycles. The molecule has 106 valence electrons. The molecular formula is C15H23NO3. The minimum atomic E-state index is -0.732.